The molecule has 2 fully saturated rings. The molecule has 0 saturated carbocycles. The van der Waals surface area contributed by atoms with Crippen molar-refractivity contribution in [2.75, 3.05) is 40.3 Å². The topological polar surface area (TPSA) is 35.6 Å². The van der Waals surface area contributed by atoms with E-state index in [1.165, 1.54) is 25.9 Å². The fourth-order valence-electron chi connectivity index (χ4n) is 2.95. The molecule has 1 unspecified atom stereocenters. The molecule has 2 aliphatic heterocycles. The summed E-state index contributed by atoms with van der Waals surface area (Å²) in [6.07, 6.45) is 4.62. The number of nitrogens with zero attached hydrogens (tertiary/aromatic N) is 2. The number of hydrogen-bond acceptors (Lipinski definition) is 3. The van der Waals surface area contributed by atoms with Gasteiger partial charge in [0.2, 0.25) is 5.91 Å². The minimum absolute atomic E-state index is 0.0648. The molecule has 2 rings (SSSR count). The molecule has 17 heavy (non-hydrogen) atoms. The van der Waals surface area contributed by atoms with Crippen LogP contribution in [0.25, 0.3) is 0 Å². The molecule has 0 spiro atoms. The highest BCUT2D eigenvalue weighted by Gasteiger charge is 2.29. The van der Waals surface area contributed by atoms with Crippen LogP contribution in [0.4, 0.5) is 0 Å². The largest absolute Gasteiger partial charge is 0.341 e. The van der Waals surface area contributed by atoms with Crippen LogP contribution in [0.2, 0.25) is 0 Å². The molecular formula is C13H25N3O. The van der Waals surface area contributed by atoms with Crippen LogP contribution in [0.15, 0.2) is 0 Å². The maximum atomic E-state index is 12.1. The summed E-state index contributed by atoms with van der Waals surface area (Å²) >= 11 is 0. The van der Waals surface area contributed by atoms with Crippen molar-refractivity contribution >= 4 is 5.91 Å². The lowest BCUT2D eigenvalue weighted by Gasteiger charge is -2.37. The first-order valence-corrected chi connectivity index (χ1v) is 6.85. The smallest absolute Gasteiger partial charge is 0.239 e. The van der Waals surface area contributed by atoms with Gasteiger partial charge in [-0.3, -0.25) is 4.79 Å². The average Bonchev–Trinajstić information content (AvgIpc) is 2.35. The molecule has 0 bridgehead atoms. The lowest BCUT2D eigenvalue weighted by atomic mass is 9.95. The first kappa shape index (κ1) is 12.8. The zero-order chi connectivity index (χ0) is 12.3. The highest BCUT2D eigenvalue weighted by atomic mass is 16.2. The Bertz CT molecular complexity index is 261. The quantitative estimate of drug-likeness (QED) is 0.781. The Balaban J connectivity index is 1.83. The van der Waals surface area contributed by atoms with E-state index in [0.717, 1.165) is 25.9 Å². The molecule has 0 aromatic rings. The summed E-state index contributed by atoms with van der Waals surface area (Å²) in [6, 6.07) is 0.0648. The summed E-state index contributed by atoms with van der Waals surface area (Å²) in [5, 5.41) is 3.13. The van der Waals surface area contributed by atoms with Crippen LogP contribution in [0.1, 0.15) is 25.7 Å². The fourth-order valence-corrected chi connectivity index (χ4v) is 2.95. The van der Waals surface area contributed by atoms with Gasteiger partial charge in [-0.15, -0.1) is 0 Å². The summed E-state index contributed by atoms with van der Waals surface area (Å²) < 4.78 is 0. The Morgan fingerprint density at radius 1 is 1.24 bits per heavy atom. The monoisotopic (exact) mass is 239 g/mol. The number of likely N-dealkylation sites (tertiary alicyclic amines) is 2. The highest BCUT2D eigenvalue weighted by Crippen LogP contribution is 2.20. The van der Waals surface area contributed by atoms with Crippen LogP contribution in [0, 0.1) is 5.92 Å². The van der Waals surface area contributed by atoms with E-state index in [9.17, 15) is 4.79 Å². The van der Waals surface area contributed by atoms with Crippen molar-refractivity contribution in [1.82, 2.24) is 15.1 Å². The number of hydrogen-bond donors (Lipinski definition) is 1. The van der Waals surface area contributed by atoms with Gasteiger partial charge in [0.1, 0.15) is 0 Å². The van der Waals surface area contributed by atoms with E-state index < -0.39 is 0 Å². The number of rotatable bonds is 3. The molecule has 4 heteroatoms. The van der Waals surface area contributed by atoms with E-state index >= 15 is 0 Å². The molecule has 0 radical (unpaired) electrons. The van der Waals surface area contributed by atoms with E-state index in [4.69, 9.17) is 0 Å². The minimum atomic E-state index is 0.0648. The molecule has 4 nitrogen and oxygen atoms in total. The molecular weight excluding hydrogens is 214 g/mol. The summed E-state index contributed by atoms with van der Waals surface area (Å²) in [7, 11) is 4.07. The average molecular weight is 239 g/mol. The lowest BCUT2D eigenvalue weighted by Crippen LogP contribution is -2.51. The van der Waals surface area contributed by atoms with Crippen LogP contribution >= 0.6 is 0 Å². The molecule has 0 aromatic carbocycles. The second-order valence-electron chi connectivity index (χ2n) is 5.51. The Hall–Kier alpha value is -0.610. The molecule has 1 amide bonds. The highest BCUT2D eigenvalue weighted by molar-refractivity contribution is 5.82. The van der Waals surface area contributed by atoms with Crippen molar-refractivity contribution in [1.29, 1.82) is 0 Å². The molecule has 2 heterocycles. The number of nitrogens with one attached hydrogen (secondary N) is 1. The maximum Gasteiger partial charge on any atom is 0.239 e. The summed E-state index contributed by atoms with van der Waals surface area (Å²) in [5.41, 5.74) is 0. The summed E-state index contributed by atoms with van der Waals surface area (Å²) in [6.45, 7) is 4.30. The Kier molecular flexibility index (Phi) is 4.40. The van der Waals surface area contributed by atoms with Gasteiger partial charge in [-0.05, 0) is 58.8 Å². The summed E-state index contributed by atoms with van der Waals surface area (Å²) in [5.74, 6) is 1.03. The van der Waals surface area contributed by atoms with Crippen molar-refractivity contribution in [3.63, 3.8) is 0 Å². The first-order chi connectivity index (χ1) is 8.20. The molecule has 2 saturated heterocycles. The maximum absolute atomic E-state index is 12.1. The van der Waals surface area contributed by atoms with Gasteiger partial charge in [0.15, 0.2) is 0 Å². The minimum Gasteiger partial charge on any atom is -0.341 e. The number of likely N-dealkylation sites (N-methyl/N-ethyl adjacent to an activating group) is 1. The van der Waals surface area contributed by atoms with Crippen LogP contribution < -0.4 is 5.32 Å². The van der Waals surface area contributed by atoms with Crippen molar-refractivity contribution in [2.24, 2.45) is 5.92 Å². The van der Waals surface area contributed by atoms with Crippen LogP contribution in [-0.2, 0) is 4.79 Å². The van der Waals surface area contributed by atoms with Gasteiger partial charge in [-0.2, -0.15) is 0 Å². The van der Waals surface area contributed by atoms with Gasteiger partial charge in [-0.25, -0.2) is 0 Å². The molecule has 0 aliphatic carbocycles. The SMILES string of the molecule is CNC1CCCN(CC2CCN(C)CC2)C1=O. The summed E-state index contributed by atoms with van der Waals surface area (Å²) in [4.78, 5) is 16.6. The molecule has 2 aliphatic rings. The normalized spacial score (nSPS) is 28.7. The Labute approximate surface area is 104 Å². The standard InChI is InChI=1S/C13H25N3O/c1-14-12-4-3-7-16(13(12)17)10-11-5-8-15(2)9-6-11/h11-12,14H,3-10H2,1-2H3. The third-order valence-electron chi connectivity index (χ3n) is 4.20. The third-order valence-corrected chi connectivity index (χ3v) is 4.20. The van der Waals surface area contributed by atoms with Crippen molar-refractivity contribution < 1.29 is 4.79 Å². The number of carbonyl (C=O) groups excluding carboxylic acids is 1. The fraction of sp³-hybridized carbons (Fsp3) is 0.923. The Morgan fingerprint density at radius 2 is 1.94 bits per heavy atom. The number of carbonyl (C=O) groups is 1. The molecule has 1 atom stereocenters. The third kappa shape index (κ3) is 3.19. The van der Waals surface area contributed by atoms with E-state index in [2.05, 4.69) is 22.2 Å². The zero-order valence-corrected chi connectivity index (χ0v) is 11.1. The van der Waals surface area contributed by atoms with Gasteiger partial charge in [0, 0.05) is 13.1 Å². The van der Waals surface area contributed by atoms with Gasteiger partial charge < -0.3 is 15.1 Å². The van der Waals surface area contributed by atoms with E-state index in [1.54, 1.807) is 0 Å². The van der Waals surface area contributed by atoms with Crippen molar-refractivity contribution in [2.45, 2.75) is 31.7 Å². The van der Waals surface area contributed by atoms with Crippen LogP contribution in [0.5, 0.6) is 0 Å². The molecule has 0 aromatic heterocycles. The van der Waals surface area contributed by atoms with Crippen molar-refractivity contribution in [3.8, 4) is 0 Å². The molecule has 98 valence electrons. The van der Waals surface area contributed by atoms with E-state index in [0.29, 0.717) is 11.8 Å². The van der Waals surface area contributed by atoms with Gasteiger partial charge in [0.05, 0.1) is 6.04 Å². The van der Waals surface area contributed by atoms with Gasteiger partial charge >= 0.3 is 0 Å². The Morgan fingerprint density at radius 3 is 2.59 bits per heavy atom. The number of amides is 1. The van der Waals surface area contributed by atoms with E-state index in [-0.39, 0.29) is 6.04 Å². The first-order valence-electron chi connectivity index (χ1n) is 6.85. The predicted molar refractivity (Wildman–Crippen MR) is 68.9 cm³/mol. The van der Waals surface area contributed by atoms with E-state index in [1.807, 2.05) is 7.05 Å². The lowest BCUT2D eigenvalue weighted by molar-refractivity contribution is -0.136. The second kappa shape index (κ2) is 5.83. The van der Waals surface area contributed by atoms with Crippen LogP contribution in [-0.4, -0.2) is 62.0 Å². The zero-order valence-electron chi connectivity index (χ0n) is 11.1. The van der Waals surface area contributed by atoms with Crippen LogP contribution in [0.3, 0.4) is 0 Å². The second-order valence-corrected chi connectivity index (χ2v) is 5.51. The van der Waals surface area contributed by atoms with Gasteiger partial charge in [-0.1, -0.05) is 0 Å². The van der Waals surface area contributed by atoms with Gasteiger partial charge in [0.25, 0.3) is 0 Å². The number of piperidine rings is 2. The predicted octanol–water partition coefficient (Wildman–Crippen LogP) is 0.539. The van der Waals surface area contributed by atoms with Crippen molar-refractivity contribution in [3.05, 3.63) is 0 Å². The molecule has 1 N–H and O–H groups in total.